The van der Waals surface area contributed by atoms with E-state index in [1.807, 2.05) is 24.3 Å². The Kier molecular flexibility index (Phi) is 6.79. The van der Waals surface area contributed by atoms with Gasteiger partial charge in [0.1, 0.15) is 24.1 Å². The number of esters is 1. The van der Waals surface area contributed by atoms with Gasteiger partial charge < -0.3 is 18.9 Å². The normalized spacial score (nSPS) is 20.1. The molecule has 2 amide bonds. The topological polar surface area (TPSA) is 114 Å². The predicted octanol–water partition coefficient (Wildman–Crippen LogP) is 3.97. The van der Waals surface area contributed by atoms with E-state index in [1.54, 1.807) is 48.9 Å². The van der Waals surface area contributed by atoms with Crippen molar-refractivity contribution in [3.05, 3.63) is 89.8 Å². The van der Waals surface area contributed by atoms with Crippen LogP contribution in [-0.2, 0) is 14.3 Å². The van der Waals surface area contributed by atoms with Crippen LogP contribution in [0.3, 0.4) is 0 Å². The Labute approximate surface area is 207 Å². The molecule has 2 unspecified atom stereocenters. The lowest BCUT2D eigenvalue weighted by Crippen LogP contribution is -2.36. The third-order valence-electron chi connectivity index (χ3n) is 6.24. The molecule has 2 aromatic heterocycles. The molecule has 9 heteroatoms. The van der Waals surface area contributed by atoms with E-state index in [1.165, 1.54) is 5.01 Å². The molecule has 3 aromatic rings. The molecule has 0 spiro atoms. The van der Waals surface area contributed by atoms with Gasteiger partial charge in [0.25, 0.3) is 11.8 Å². The fourth-order valence-corrected chi connectivity index (χ4v) is 4.59. The zero-order valence-corrected chi connectivity index (χ0v) is 19.5. The summed E-state index contributed by atoms with van der Waals surface area (Å²) in [6.07, 6.45) is 7.72. The van der Waals surface area contributed by atoms with Crippen LogP contribution in [0.5, 0.6) is 0 Å². The van der Waals surface area contributed by atoms with Gasteiger partial charge in [0, 0.05) is 11.5 Å². The molecule has 2 atom stereocenters. The number of nitrogens with one attached hydrogen (secondary N) is 1. The third kappa shape index (κ3) is 5.00. The van der Waals surface area contributed by atoms with Crippen molar-refractivity contribution in [2.45, 2.75) is 25.3 Å². The van der Waals surface area contributed by atoms with Crippen molar-refractivity contribution in [3.63, 3.8) is 0 Å². The van der Waals surface area contributed by atoms with Crippen molar-refractivity contribution in [3.8, 4) is 0 Å². The highest BCUT2D eigenvalue weighted by molar-refractivity contribution is 6.08. The first kappa shape index (κ1) is 23.3. The number of ether oxygens (including phenoxy) is 1. The summed E-state index contributed by atoms with van der Waals surface area (Å²) >= 11 is 0. The van der Waals surface area contributed by atoms with Gasteiger partial charge in [-0.2, -0.15) is 5.10 Å². The van der Waals surface area contributed by atoms with Crippen molar-refractivity contribution in [1.82, 2.24) is 10.3 Å². The van der Waals surface area contributed by atoms with Crippen molar-refractivity contribution in [1.29, 1.82) is 0 Å². The van der Waals surface area contributed by atoms with Crippen LogP contribution >= 0.6 is 0 Å². The fraction of sp³-hybridized carbons (Fsp3) is 0.259. The number of fused-ring (bicyclic) bond motifs is 1. The Bertz CT molecular complexity index is 1280. The van der Waals surface area contributed by atoms with E-state index < -0.39 is 30.4 Å². The second-order valence-corrected chi connectivity index (χ2v) is 8.58. The summed E-state index contributed by atoms with van der Waals surface area (Å²) in [5.74, 6) is -0.297. The summed E-state index contributed by atoms with van der Waals surface area (Å²) in [7, 11) is 0. The fourth-order valence-electron chi connectivity index (χ4n) is 4.59. The molecule has 0 bridgehead atoms. The van der Waals surface area contributed by atoms with Crippen molar-refractivity contribution in [2.24, 2.45) is 11.0 Å². The van der Waals surface area contributed by atoms with E-state index in [4.69, 9.17) is 13.6 Å². The van der Waals surface area contributed by atoms with Gasteiger partial charge in [-0.1, -0.05) is 18.2 Å². The van der Waals surface area contributed by atoms with Crippen LogP contribution in [0, 0.1) is 5.92 Å². The van der Waals surface area contributed by atoms with Crippen LogP contribution in [-0.4, -0.2) is 41.7 Å². The van der Waals surface area contributed by atoms with Crippen molar-refractivity contribution < 1.29 is 28.0 Å². The summed E-state index contributed by atoms with van der Waals surface area (Å²) < 4.78 is 16.3. The molecule has 2 aliphatic rings. The van der Waals surface area contributed by atoms with E-state index in [9.17, 15) is 14.4 Å². The number of carbonyl (C=O) groups is 3. The Hall–Kier alpha value is -4.40. The average Bonchev–Trinajstić information content (AvgIpc) is 3.67. The highest BCUT2D eigenvalue weighted by Gasteiger charge is 2.45. The first-order valence-electron chi connectivity index (χ1n) is 11.8. The summed E-state index contributed by atoms with van der Waals surface area (Å²) in [6.45, 7) is -0.853. The predicted molar refractivity (Wildman–Crippen MR) is 129 cm³/mol. The molecule has 1 aliphatic heterocycles. The molecule has 184 valence electrons. The standard InChI is InChI=1S/C27H25N3O6/c31-23(17-36-24(32)16-28-27(33)18-7-2-1-3-8-18)30-26(22-12-6-14-35-22)21-11-4-9-19(25(21)29-30)15-20-10-5-13-34-20/h1-3,5-8,10,12-15,21,26H,4,9,11,16-17H2,(H,28,33)/b19-15-. The van der Waals surface area contributed by atoms with Gasteiger partial charge in [-0.3, -0.25) is 14.4 Å². The van der Waals surface area contributed by atoms with Crippen LogP contribution in [0.15, 0.2) is 86.6 Å². The second-order valence-electron chi connectivity index (χ2n) is 8.58. The minimum atomic E-state index is -0.718. The zero-order chi connectivity index (χ0) is 24.9. The van der Waals surface area contributed by atoms with Gasteiger partial charge in [0.2, 0.25) is 0 Å². The van der Waals surface area contributed by atoms with Gasteiger partial charge in [-0.05, 0) is 67.3 Å². The number of amides is 2. The molecule has 1 fully saturated rings. The van der Waals surface area contributed by atoms with Crippen LogP contribution in [0.1, 0.15) is 47.2 Å². The zero-order valence-electron chi connectivity index (χ0n) is 19.5. The van der Waals surface area contributed by atoms with Gasteiger partial charge in [-0.25, -0.2) is 5.01 Å². The summed E-state index contributed by atoms with van der Waals surface area (Å²) in [6, 6.07) is 15.4. The number of hydrogen-bond donors (Lipinski definition) is 1. The maximum Gasteiger partial charge on any atom is 0.325 e. The summed E-state index contributed by atoms with van der Waals surface area (Å²) in [5.41, 5.74) is 2.25. The first-order valence-corrected chi connectivity index (χ1v) is 11.8. The molecule has 5 rings (SSSR count). The highest BCUT2D eigenvalue weighted by Crippen LogP contribution is 2.44. The molecule has 1 aromatic carbocycles. The molecule has 9 nitrogen and oxygen atoms in total. The largest absolute Gasteiger partial charge is 0.467 e. The van der Waals surface area contributed by atoms with Crippen LogP contribution in [0.2, 0.25) is 0 Å². The lowest BCUT2D eigenvalue weighted by molar-refractivity contribution is -0.152. The molecule has 3 heterocycles. The number of nitrogens with zero attached hydrogens (tertiary/aromatic N) is 2. The van der Waals surface area contributed by atoms with Gasteiger partial charge in [0.15, 0.2) is 6.61 Å². The van der Waals surface area contributed by atoms with E-state index in [-0.39, 0.29) is 12.5 Å². The smallest absolute Gasteiger partial charge is 0.325 e. The second kappa shape index (κ2) is 10.5. The SMILES string of the molecule is O=C(CNC(=O)c1ccccc1)OCC(=O)N1N=C2/C(=C\c3ccco3)CCCC2C1c1ccco1. The van der Waals surface area contributed by atoms with Crippen LogP contribution < -0.4 is 5.32 Å². The monoisotopic (exact) mass is 487 g/mol. The van der Waals surface area contributed by atoms with Crippen molar-refractivity contribution in [2.75, 3.05) is 13.2 Å². The maximum absolute atomic E-state index is 13.2. The number of hydrazone groups is 1. The Morgan fingerprint density at radius 3 is 2.61 bits per heavy atom. The lowest BCUT2D eigenvalue weighted by Gasteiger charge is -2.27. The first-order chi connectivity index (χ1) is 17.6. The molecule has 36 heavy (non-hydrogen) atoms. The molecule has 0 saturated heterocycles. The third-order valence-corrected chi connectivity index (χ3v) is 6.24. The lowest BCUT2D eigenvalue weighted by atomic mass is 9.79. The van der Waals surface area contributed by atoms with Crippen LogP contribution in [0.4, 0.5) is 0 Å². The van der Waals surface area contributed by atoms with E-state index in [0.29, 0.717) is 11.3 Å². The Morgan fingerprint density at radius 1 is 1.06 bits per heavy atom. The number of benzene rings is 1. The molecule has 0 radical (unpaired) electrons. The summed E-state index contributed by atoms with van der Waals surface area (Å²) in [5, 5.41) is 8.52. The maximum atomic E-state index is 13.2. The number of furan rings is 2. The highest BCUT2D eigenvalue weighted by atomic mass is 16.5. The minimum absolute atomic E-state index is 0.0454. The van der Waals surface area contributed by atoms with E-state index in [0.717, 1.165) is 36.3 Å². The van der Waals surface area contributed by atoms with E-state index >= 15 is 0 Å². The quantitative estimate of drug-likeness (QED) is 0.505. The molecular weight excluding hydrogens is 462 g/mol. The minimum Gasteiger partial charge on any atom is -0.467 e. The van der Waals surface area contributed by atoms with E-state index in [2.05, 4.69) is 10.4 Å². The number of hydrogen-bond acceptors (Lipinski definition) is 7. The Morgan fingerprint density at radius 2 is 1.86 bits per heavy atom. The number of carbonyl (C=O) groups excluding carboxylic acids is 3. The van der Waals surface area contributed by atoms with Gasteiger partial charge in [-0.15, -0.1) is 0 Å². The van der Waals surface area contributed by atoms with Gasteiger partial charge in [0.05, 0.1) is 18.2 Å². The Balaban J connectivity index is 1.27. The van der Waals surface area contributed by atoms with Gasteiger partial charge >= 0.3 is 5.97 Å². The molecular formula is C27H25N3O6. The average molecular weight is 488 g/mol. The molecule has 1 N–H and O–H groups in total. The number of rotatable bonds is 7. The van der Waals surface area contributed by atoms with Crippen molar-refractivity contribution >= 4 is 29.6 Å². The molecule has 1 aliphatic carbocycles. The molecule has 1 saturated carbocycles. The van der Waals surface area contributed by atoms with Crippen LogP contribution in [0.25, 0.3) is 6.08 Å². The number of allylic oxidation sites excluding steroid dienone is 1. The summed E-state index contributed by atoms with van der Waals surface area (Å²) in [4.78, 5) is 37.5.